The number of halogens is 3. The molecule has 0 aromatic heterocycles. The van der Waals surface area contributed by atoms with Crippen molar-refractivity contribution in [1.29, 1.82) is 0 Å². The molecule has 7 heteroatoms. The summed E-state index contributed by atoms with van der Waals surface area (Å²) in [6.07, 6.45) is -4.22. The zero-order valence-electron chi connectivity index (χ0n) is 12.5. The number of rotatable bonds is 5. The van der Waals surface area contributed by atoms with E-state index in [0.717, 1.165) is 38.3 Å². The zero-order chi connectivity index (χ0) is 16.2. The zero-order valence-corrected chi connectivity index (χ0v) is 12.5. The highest BCUT2D eigenvalue weighted by molar-refractivity contribution is 5.49. The van der Waals surface area contributed by atoms with Crippen LogP contribution in [0.4, 0.5) is 18.9 Å². The maximum absolute atomic E-state index is 12.1. The van der Waals surface area contributed by atoms with E-state index < -0.39 is 6.36 Å². The second-order valence-corrected chi connectivity index (χ2v) is 5.39. The number of benzene rings is 1. The number of piperazine rings is 1. The Balaban J connectivity index is 1.86. The molecule has 1 aliphatic rings. The van der Waals surface area contributed by atoms with Crippen LogP contribution in [0.15, 0.2) is 24.3 Å². The van der Waals surface area contributed by atoms with Crippen molar-refractivity contribution in [2.24, 2.45) is 0 Å². The molecule has 1 N–H and O–H groups in total. The topological polar surface area (TPSA) is 35.9 Å². The second kappa shape index (κ2) is 7.19. The fraction of sp³-hybridized carbons (Fsp3) is 0.600. The van der Waals surface area contributed by atoms with E-state index in [4.69, 9.17) is 0 Å². The maximum atomic E-state index is 12.1. The van der Waals surface area contributed by atoms with E-state index in [1.807, 2.05) is 6.92 Å². The molecule has 1 aromatic carbocycles. The Bertz CT molecular complexity index is 457. The molecule has 1 aliphatic heterocycles. The molecular formula is C15H21F3N2O2. The van der Waals surface area contributed by atoms with Crippen LogP contribution < -0.4 is 9.64 Å². The molecule has 1 saturated heterocycles. The summed E-state index contributed by atoms with van der Waals surface area (Å²) in [7, 11) is 0. The lowest BCUT2D eigenvalue weighted by molar-refractivity contribution is -0.274. The Hall–Kier alpha value is -1.47. The van der Waals surface area contributed by atoms with Crippen LogP contribution in [-0.4, -0.2) is 55.2 Å². The molecule has 1 unspecified atom stereocenters. The van der Waals surface area contributed by atoms with E-state index in [0.29, 0.717) is 6.54 Å². The van der Waals surface area contributed by atoms with Gasteiger partial charge in [-0.3, -0.25) is 4.90 Å². The van der Waals surface area contributed by atoms with Crippen LogP contribution in [0.25, 0.3) is 0 Å². The van der Waals surface area contributed by atoms with Crippen molar-refractivity contribution in [3.63, 3.8) is 0 Å². The Morgan fingerprint density at radius 1 is 1.14 bits per heavy atom. The number of aliphatic hydroxyl groups is 1. The minimum absolute atomic E-state index is 0.207. The Kier molecular flexibility index (Phi) is 5.52. The maximum Gasteiger partial charge on any atom is 0.573 e. The van der Waals surface area contributed by atoms with Crippen molar-refractivity contribution in [2.75, 3.05) is 37.6 Å². The molecule has 0 bridgehead atoms. The molecule has 1 fully saturated rings. The number of β-amino-alcohol motifs (C(OH)–C–C–N with tert-alkyl or cyclic N) is 1. The lowest BCUT2D eigenvalue weighted by Crippen LogP contribution is -2.48. The molecule has 0 amide bonds. The summed E-state index contributed by atoms with van der Waals surface area (Å²) in [5.74, 6) is -0.207. The van der Waals surface area contributed by atoms with Gasteiger partial charge in [-0.15, -0.1) is 13.2 Å². The lowest BCUT2D eigenvalue weighted by Gasteiger charge is -2.36. The van der Waals surface area contributed by atoms with Gasteiger partial charge >= 0.3 is 6.36 Å². The van der Waals surface area contributed by atoms with Gasteiger partial charge in [-0.25, -0.2) is 0 Å². The predicted molar refractivity (Wildman–Crippen MR) is 78.1 cm³/mol. The summed E-state index contributed by atoms with van der Waals surface area (Å²) in [6.45, 7) is 5.86. The van der Waals surface area contributed by atoms with Crippen LogP contribution in [0.1, 0.15) is 13.3 Å². The second-order valence-electron chi connectivity index (χ2n) is 5.39. The number of hydrogen-bond acceptors (Lipinski definition) is 4. The van der Waals surface area contributed by atoms with E-state index in [-0.39, 0.29) is 11.9 Å². The van der Waals surface area contributed by atoms with Gasteiger partial charge in [0, 0.05) is 38.4 Å². The first-order chi connectivity index (χ1) is 10.4. The molecule has 0 saturated carbocycles. The smallest absolute Gasteiger partial charge is 0.406 e. The van der Waals surface area contributed by atoms with Crippen LogP contribution in [-0.2, 0) is 0 Å². The molecule has 1 atom stereocenters. The van der Waals surface area contributed by atoms with Gasteiger partial charge < -0.3 is 14.7 Å². The molecule has 1 aromatic rings. The molecule has 1 heterocycles. The number of alkyl halides is 3. The molecule has 22 heavy (non-hydrogen) atoms. The largest absolute Gasteiger partial charge is 0.573 e. The third kappa shape index (κ3) is 5.06. The SMILES string of the molecule is CCC(O)CN1CCN(c2ccc(OC(F)(F)F)cc2)CC1. The van der Waals surface area contributed by atoms with E-state index in [2.05, 4.69) is 14.5 Å². The minimum atomic E-state index is -4.66. The van der Waals surface area contributed by atoms with Crippen molar-refractivity contribution < 1.29 is 23.0 Å². The van der Waals surface area contributed by atoms with E-state index in [1.54, 1.807) is 12.1 Å². The van der Waals surface area contributed by atoms with Gasteiger partial charge in [0.1, 0.15) is 5.75 Å². The first-order valence-electron chi connectivity index (χ1n) is 7.38. The third-order valence-corrected chi connectivity index (χ3v) is 3.75. The minimum Gasteiger partial charge on any atom is -0.406 e. The highest BCUT2D eigenvalue weighted by Crippen LogP contribution is 2.25. The molecular weight excluding hydrogens is 297 g/mol. The van der Waals surface area contributed by atoms with Gasteiger partial charge in [0.25, 0.3) is 0 Å². The van der Waals surface area contributed by atoms with Crippen LogP contribution >= 0.6 is 0 Å². The quantitative estimate of drug-likeness (QED) is 0.905. The first-order valence-corrected chi connectivity index (χ1v) is 7.38. The fourth-order valence-electron chi connectivity index (χ4n) is 2.47. The van der Waals surface area contributed by atoms with Crippen molar-refractivity contribution in [3.8, 4) is 5.75 Å². The van der Waals surface area contributed by atoms with Crippen molar-refractivity contribution in [2.45, 2.75) is 25.8 Å². The summed E-state index contributed by atoms with van der Waals surface area (Å²) >= 11 is 0. The van der Waals surface area contributed by atoms with Gasteiger partial charge in [-0.05, 0) is 30.7 Å². The summed E-state index contributed by atoms with van der Waals surface area (Å²) in [4.78, 5) is 4.32. The van der Waals surface area contributed by atoms with Crippen LogP contribution in [0.3, 0.4) is 0 Å². The Labute approximate surface area is 128 Å². The molecule has 124 valence electrons. The van der Waals surface area contributed by atoms with Crippen LogP contribution in [0.5, 0.6) is 5.75 Å². The fourth-order valence-corrected chi connectivity index (χ4v) is 2.47. The first kappa shape index (κ1) is 16.9. The third-order valence-electron chi connectivity index (χ3n) is 3.75. The van der Waals surface area contributed by atoms with Crippen molar-refractivity contribution >= 4 is 5.69 Å². The highest BCUT2D eigenvalue weighted by atomic mass is 19.4. The van der Waals surface area contributed by atoms with Gasteiger partial charge in [-0.2, -0.15) is 0 Å². The lowest BCUT2D eigenvalue weighted by atomic mass is 10.2. The molecule has 0 aliphatic carbocycles. The summed E-state index contributed by atoms with van der Waals surface area (Å²) in [6, 6.07) is 5.93. The monoisotopic (exact) mass is 318 g/mol. The van der Waals surface area contributed by atoms with Gasteiger partial charge in [-0.1, -0.05) is 6.92 Å². The number of hydrogen-bond donors (Lipinski definition) is 1. The molecule has 2 rings (SSSR count). The summed E-state index contributed by atoms with van der Waals surface area (Å²) < 4.78 is 40.2. The molecule has 4 nitrogen and oxygen atoms in total. The average Bonchev–Trinajstić information content (AvgIpc) is 2.47. The summed E-state index contributed by atoms with van der Waals surface area (Å²) in [5, 5.41) is 9.66. The van der Waals surface area contributed by atoms with Crippen LogP contribution in [0, 0.1) is 0 Å². The van der Waals surface area contributed by atoms with Gasteiger partial charge in [0.05, 0.1) is 6.10 Å². The number of aliphatic hydroxyl groups excluding tert-OH is 1. The number of anilines is 1. The van der Waals surface area contributed by atoms with Crippen molar-refractivity contribution in [1.82, 2.24) is 4.90 Å². The molecule has 0 spiro atoms. The van der Waals surface area contributed by atoms with E-state index >= 15 is 0 Å². The van der Waals surface area contributed by atoms with Gasteiger partial charge in [0.2, 0.25) is 0 Å². The van der Waals surface area contributed by atoms with Gasteiger partial charge in [0.15, 0.2) is 0 Å². The summed E-state index contributed by atoms with van der Waals surface area (Å²) in [5.41, 5.74) is 0.880. The normalized spacial score (nSPS) is 18.3. The van der Waals surface area contributed by atoms with E-state index in [9.17, 15) is 18.3 Å². The van der Waals surface area contributed by atoms with Crippen LogP contribution in [0.2, 0.25) is 0 Å². The highest BCUT2D eigenvalue weighted by Gasteiger charge is 2.31. The average molecular weight is 318 g/mol. The standard InChI is InChI=1S/C15H21F3N2O2/c1-2-13(21)11-19-7-9-20(10-8-19)12-3-5-14(6-4-12)22-15(16,17)18/h3-6,13,21H,2,7-11H2,1H3. The Morgan fingerprint density at radius 2 is 1.73 bits per heavy atom. The Morgan fingerprint density at radius 3 is 2.23 bits per heavy atom. The van der Waals surface area contributed by atoms with Crippen molar-refractivity contribution in [3.05, 3.63) is 24.3 Å². The number of ether oxygens (including phenoxy) is 1. The number of nitrogens with zero attached hydrogens (tertiary/aromatic N) is 2. The molecule has 0 radical (unpaired) electrons. The van der Waals surface area contributed by atoms with E-state index in [1.165, 1.54) is 12.1 Å². The predicted octanol–water partition coefficient (Wildman–Crippen LogP) is 2.48.